The lowest BCUT2D eigenvalue weighted by Gasteiger charge is -2.53. The van der Waals surface area contributed by atoms with Crippen LogP contribution in [0.5, 0.6) is 0 Å². The Labute approximate surface area is 164 Å². The summed E-state index contributed by atoms with van der Waals surface area (Å²) < 4.78 is 6.83. The zero-order chi connectivity index (χ0) is 20.2. The second-order valence-corrected chi connectivity index (χ2v) is 13.8. The SMILES string of the molecule is CC(C)[Si](OC1C(=O)N(CCCC=O)C1c1ccncc1)(C(C)C)C(C)C. The Hall–Kier alpha value is -1.53. The Morgan fingerprint density at radius 1 is 1.11 bits per heavy atom. The molecule has 2 unspecified atom stereocenters. The molecule has 150 valence electrons. The number of carbonyl (C=O) groups is 2. The van der Waals surface area contributed by atoms with Gasteiger partial charge in [0.25, 0.3) is 5.91 Å². The highest BCUT2D eigenvalue weighted by molar-refractivity contribution is 6.77. The van der Waals surface area contributed by atoms with E-state index in [1.165, 1.54) is 0 Å². The van der Waals surface area contributed by atoms with Crippen LogP contribution in [0.4, 0.5) is 0 Å². The van der Waals surface area contributed by atoms with Crippen molar-refractivity contribution in [1.29, 1.82) is 0 Å². The fourth-order valence-electron chi connectivity index (χ4n) is 4.77. The lowest BCUT2D eigenvalue weighted by Crippen LogP contribution is -2.64. The number of pyridine rings is 1. The van der Waals surface area contributed by atoms with Crippen LogP contribution in [-0.2, 0) is 14.0 Å². The van der Waals surface area contributed by atoms with E-state index >= 15 is 0 Å². The van der Waals surface area contributed by atoms with Crippen molar-refractivity contribution in [2.45, 2.75) is 83.2 Å². The molecule has 2 heterocycles. The van der Waals surface area contributed by atoms with Crippen molar-refractivity contribution >= 4 is 20.5 Å². The maximum atomic E-state index is 13.0. The van der Waals surface area contributed by atoms with Crippen molar-refractivity contribution in [3.05, 3.63) is 30.1 Å². The normalized spacial score (nSPS) is 20.5. The number of nitrogens with zero attached hydrogens (tertiary/aromatic N) is 2. The molecule has 27 heavy (non-hydrogen) atoms. The van der Waals surface area contributed by atoms with Crippen LogP contribution < -0.4 is 0 Å². The van der Waals surface area contributed by atoms with Crippen molar-refractivity contribution in [2.24, 2.45) is 0 Å². The van der Waals surface area contributed by atoms with Gasteiger partial charge in [-0.1, -0.05) is 41.5 Å². The number of β-lactam (4-membered cyclic amide) rings is 1. The van der Waals surface area contributed by atoms with Crippen molar-refractivity contribution in [3.63, 3.8) is 0 Å². The van der Waals surface area contributed by atoms with Gasteiger partial charge in [-0.25, -0.2) is 0 Å². The molecule has 5 nitrogen and oxygen atoms in total. The maximum Gasteiger partial charge on any atom is 0.253 e. The van der Waals surface area contributed by atoms with Crippen LogP contribution in [0.15, 0.2) is 24.5 Å². The van der Waals surface area contributed by atoms with Crippen LogP contribution in [-0.4, -0.2) is 43.0 Å². The predicted octanol–water partition coefficient (Wildman–Crippen LogP) is 4.50. The molecule has 1 amide bonds. The molecule has 0 aliphatic carbocycles. The van der Waals surface area contributed by atoms with Crippen LogP contribution in [0.1, 0.15) is 66.0 Å². The number of carbonyl (C=O) groups excluding carboxylic acids is 2. The van der Waals surface area contributed by atoms with Crippen LogP contribution >= 0.6 is 0 Å². The van der Waals surface area contributed by atoms with Gasteiger partial charge in [-0.05, 0) is 40.7 Å². The number of hydrogen-bond donors (Lipinski definition) is 0. The van der Waals surface area contributed by atoms with E-state index in [1.807, 2.05) is 17.0 Å². The van der Waals surface area contributed by atoms with Gasteiger partial charge in [0.15, 0.2) is 0 Å². The summed E-state index contributed by atoms with van der Waals surface area (Å²) in [5.74, 6) is 0.0570. The smallest absolute Gasteiger partial charge is 0.253 e. The summed E-state index contributed by atoms with van der Waals surface area (Å²) in [5.41, 5.74) is 2.33. The molecule has 0 radical (unpaired) electrons. The molecule has 1 aromatic heterocycles. The highest BCUT2D eigenvalue weighted by atomic mass is 28.4. The Bertz CT molecular complexity index is 612. The largest absolute Gasteiger partial charge is 0.402 e. The Morgan fingerprint density at radius 3 is 2.15 bits per heavy atom. The zero-order valence-electron chi connectivity index (χ0n) is 17.5. The standard InChI is InChI=1S/C21H34N2O3Si/c1-15(2)27(16(3)4,17(5)6)26-20-19(18-9-11-22-12-10-18)23(21(20)25)13-7-8-14-24/h9-12,14-17,19-20H,7-8,13H2,1-6H3. The van der Waals surface area contributed by atoms with Gasteiger partial charge in [0.05, 0.1) is 6.04 Å². The third-order valence-corrected chi connectivity index (χ3v) is 12.0. The number of likely N-dealkylation sites (tertiary alicyclic amines) is 1. The fourth-order valence-corrected chi connectivity index (χ4v) is 10.3. The minimum atomic E-state index is -2.16. The van der Waals surface area contributed by atoms with E-state index in [-0.39, 0.29) is 11.9 Å². The van der Waals surface area contributed by atoms with Gasteiger partial charge in [0.2, 0.25) is 8.32 Å². The molecule has 0 saturated carbocycles. The molecule has 2 rings (SSSR count). The second kappa shape index (κ2) is 9.11. The van der Waals surface area contributed by atoms with Crippen LogP contribution in [0.3, 0.4) is 0 Å². The number of aldehydes is 1. The van der Waals surface area contributed by atoms with Gasteiger partial charge in [0, 0.05) is 25.4 Å². The van der Waals surface area contributed by atoms with Crippen LogP contribution in [0, 0.1) is 0 Å². The summed E-state index contributed by atoms with van der Waals surface area (Å²) in [6.07, 6.45) is 5.16. The molecule has 1 aliphatic rings. The summed E-state index contributed by atoms with van der Waals surface area (Å²) in [6, 6.07) is 3.84. The molecular weight excluding hydrogens is 356 g/mol. The first kappa shape index (κ1) is 21.8. The molecule has 1 saturated heterocycles. The lowest BCUT2D eigenvalue weighted by atomic mass is 9.91. The van der Waals surface area contributed by atoms with E-state index in [1.54, 1.807) is 12.4 Å². The molecule has 1 fully saturated rings. The third-order valence-electron chi connectivity index (χ3n) is 5.96. The van der Waals surface area contributed by atoms with E-state index < -0.39 is 14.4 Å². The number of unbranched alkanes of at least 4 members (excludes halogenated alkanes) is 1. The summed E-state index contributed by atoms with van der Waals surface area (Å²) in [4.78, 5) is 29.6. The average molecular weight is 391 g/mol. The molecule has 0 bridgehead atoms. The summed E-state index contributed by atoms with van der Waals surface area (Å²) in [7, 11) is -2.16. The van der Waals surface area contributed by atoms with Gasteiger partial charge >= 0.3 is 0 Å². The molecule has 1 aliphatic heterocycles. The van der Waals surface area contributed by atoms with Crippen LogP contribution in [0.2, 0.25) is 16.6 Å². The highest BCUT2D eigenvalue weighted by Crippen LogP contribution is 2.47. The molecular formula is C21H34N2O3Si. The van der Waals surface area contributed by atoms with Gasteiger partial charge < -0.3 is 14.1 Å². The molecule has 6 heteroatoms. The first-order valence-corrected chi connectivity index (χ1v) is 12.2. The summed E-state index contributed by atoms with van der Waals surface area (Å²) >= 11 is 0. The number of rotatable bonds is 10. The third kappa shape index (κ3) is 4.16. The van der Waals surface area contributed by atoms with Crippen molar-refractivity contribution in [3.8, 4) is 0 Å². The maximum absolute atomic E-state index is 13.0. The topological polar surface area (TPSA) is 59.5 Å². The fraction of sp³-hybridized carbons (Fsp3) is 0.667. The first-order chi connectivity index (χ1) is 12.8. The van der Waals surface area contributed by atoms with Gasteiger partial charge in [-0.15, -0.1) is 0 Å². The molecule has 1 aromatic rings. The second-order valence-electron chi connectivity index (χ2n) is 8.42. The minimum Gasteiger partial charge on any atom is -0.402 e. The Morgan fingerprint density at radius 2 is 1.67 bits per heavy atom. The lowest BCUT2D eigenvalue weighted by molar-refractivity contribution is -0.165. The molecule has 0 N–H and O–H groups in total. The van der Waals surface area contributed by atoms with E-state index in [2.05, 4.69) is 46.5 Å². The van der Waals surface area contributed by atoms with E-state index in [4.69, 9.17) is 4.43 Å². The Kier molecular flexibility index (Phi) is 7.34. The zero-order valence-corrected chi connectivity index (χ0v) is 18.5. The van der Waals surface area contributed by atoms with Gasteiger partial charge in [0.1, 0.15) is 12.4 Å². The molecule has 2 atom stereocenters. The minimum absolute atomic E-state index is 0.0570. The van der Waals surface area contributed by atoms with Crippen LogP contribution in [0.25, 0.3) is 0 Å². The average Bonchev–Trinajstić information content (AvgIpc) is 2.62. The van der Waals surface area contributed by atoms with Crippen molar-refractivity contribution in [1.82, 2.24) is 9.88 Å². The number of aromatic nitrogens is 1. The van der Waals surface area contributed by atoms with Gasteiger partial charge in [-0.2, -0.15) is 0 Å². The molecule has 0 aromatic carbocycles. The van der Waals surface area contributed by atoms with E-state index in [0.717, 1.165) is 11.8 Å². The quantitative estimate of drug-likeness (QED) is 0.255. The van der Waals surface area contributed by atoms with Crippen molar-refractivity contribution < 1.29 is 14.0 Å². The van der Waals surface area contributed by atoms with E-state index in [9.17, 15) is 9.59 Å². The highest BCUT2D eigenvalue weighted by Gasteiger charge is 2.55. The first-order valence-electron chi connectivity index (χ1n) is 10.1. The van der Waals surface area contributed by atoms with Gasteiger partial charge in [-0.3, -0.25) is 9.78 Å². The molecule has 0 spiro atoms. The van der Waals surface area contributed by atoms with Crippen molar-refractivity contribution in [2.75, 3.05) is 6.54 Å². The number of hydrogen-bond acceptors (Lipinski definition) is 4. The monoisotopic (exact) mass is 390 g/mol. The Balaban J connectivity index is 2.32. The summed E-state index contributed by atoms with van der Waals surface area (Å²) in [5, 5.41) is 0. The summed E-state index contributed by atoms with van der Waals surface area (Å²) in [6.45, 7) is 14.0. The predicted molar refractivity (Wildman–Crippen MR) is 110 cm³/mol. The van der Waals surface area contributed by atoms with E-state index in [0.29, 0.717) is 36.0 Å². The number of amides is 1.